The van der Waals surface area contributed by atoms with Gasteiger partial charge in [0.25, 0.3) is 5.78 Å². The van der Waals surface area contributed by atoms with Gasteiger partial charge < -0.3 is 14.6 Å². The van der Waals surface area contributed by atoms with E-state index in [1.54, 1.807) is 18.2 Å². The topological polar surface area (TPSA) is 102 Å². The number of thioether (sulfide) groups is 1. The molecule has 6 rings (SSSR count). The van der Waals surface area contributed by atoms with Gasteiger partial charge in [-0.15, -0.1) is 10.2 Å². The fraction of sp³-hybridized carbons (Fsp3) is 0.226. The Labute approximate surface area is 255 Å². The maximum atomic E-state index is 13.6. The third-order valence-corrected chi connectivity index (χ3v) is 9.56. The van der Waals surface area contributed by atoms with Crippen molar-refractivity contribution < 1.29 is 24.2 Å². The summed E-state index contributed by atoms with van der Waals surface area (Å²) in [6, 6.07) is 19.3. The van der Waals surface area contributed by atoms with E-state index in [0.717, 1.165) is 11.1 Å². The number of aromatic nitrogens is 2. The molecule has 1 aromatic heterocycles. The Morgan fingerprint density at radius 3 is 2.52 bits per heavy atom. The highest BCUT2D eigenvalue weighted by Gasteiger charge is 2.48. The number of anilines is 1. The number of carbonyl (C=O) groups excluding carboxylic acids is 2. The highest BCUT2D eigenvalue weighted by molar-refractivity contribution is 8.00. The minimum absolute atomic E-state index is 0.0329. The van der Waals surface area contributed by atoms with Crippen molar-refractivity contribution in [1.29, 1.82) is 0 Å². The molecular weight excluding hydrogens is 594 g/mol. The van der Waals surface area contributed by atoms with Crippen LogP contribution in [0.2, 0.25) is 5.02 Å². The van der Waals surface area contributed by atoms with Crippen LogP contribution in [0.5, 0.6) is 11.5 Å². The van der Waals surface area contributed by atoms with Crippen LogP contribution >= 0.6 is 34.7 Å². The summed E-state index contributed by atoms with van der Waals surface area (Å²) in [6.45, 7) is 4.98. The minimum Gasteiger partial charge on any atom is -0.507 e. The van der Waals surface area contributed by atoms with Crippen molar-refractivity contribution in [1.82, 2.24) is 10.2 Å². The molecule has 1 N–H and O–H groups in total. The molecule has 1 amide bonds. The van der Waals surface area contributed by atoms with Crippen molar-refractivity contribution in [3.8, 4) is 11.5 Å². The molecule has 1 saturated heterocycles. The number of amides is 1. The first-order chi connectivity index (χ1) is 20.3. The predicted octanol–water partition coefficient (Wildman–Crippen LogP) is 7.00. The van der Waals surface area contributed by atoms with Crippen molar-refractivity contribution in [3.63, 3.8) is 0 Å². The lowest BCUT2D eigenvalue weighted by molar-refractivity contribution is -0.132. The normalized spacial score (nSPS) is 17.7. The third-order valence-electron chi connectivity index (χ3n) is 7.09. The molecule has 0 saturated carbocycles. The molecule has 0 bridgehead atoms. The molecular formula is C31H26ClN3O5S2. The zero-order chi connectivity index (χ0) is 29.4. The lowest BCUT2D eigenvalue weighted by Crippen LogP contribution is -2.29. The molecule has 8 nitrogen and oxygen atoms in total. The molecule has 0 aliphatic carbocycles. The number of hydrogen-bond donors (Lipinski definition) is 1. The number of halogens is 1. The maximum Gasteiger partial charge on any atom is 0.301 e. The van der Waals surface area contributed by atoms with Gasteiger partial charge in [0.1, 0.15) is 19.0 Å². The number of carbonyl (C=O) groups is 2. The molecule has 42 heavy (non-hydrogen) atoms. The zero-order valence-electron chi connectivity index (χ0n) is 22.7. The Kier molecular flexibility index (Phi) is 7.94. The molecule has 1 atom stereocenters. The second-order valence-electron chi connectivity index (χ2n) is 10.1. The van der Waals surface area contributed by atoms with E-state index in [0.29, 0.717) is 56.9 Å². The molecule has 214 valence electrons. The second-order valence-corrected chi connectivity index (χ2v) is 12.7. The Balaban J connectivity index is 1.40. The largest absolute Gasteiger partial charge is 0.507 e. The van der Waals surface area contributed by atoms with Crippen LogP contribution in [0.1, 0.15) is 48.1 Å². The van der Waals surface area contributed by atoms with Gasteiger partial charge in [0.05, 0.1) is 11.6 Å². The lowest BCUT2D eigenvalue weighted by atomic mass is 9.93. The average Bonchev–Trinajstić information content (AvgIpc) is 3.57. The van der Waals surface area contributed by atoms with Crippen LogP contribution in [-0.2, 0) is 15.3 Å². The number of fused-ring (bicyclic) bond motifs is 1. The van der Waals surface area contributed by atoms with Crippen LogP contribution in [0.15, 0.2) is 76.6 Å². The second kappa shape index (κ2) is 11.8. The van der Waals surface area contributed by atoms with Gasteiger partial charge in [-0.05, 0) is 46.9 Å². The number of hydrogen-bond acceptors (Lipinski definition) is 9. The van der Waals surface area contributed by atoms with Crippen molar-refractivity contribution in [2.24, 2.45) is 0 Å². The van der Waals surface area contributed by atoms with E-state index in [4.69, 9.17) is 21.1 Å². The molecule has 2 aliphatic rings. The molecule has 11 heteroatoms. The van der Waals surface area contributed by atoms with Gasteiger partial charge in [0.15, 0.2) is 15.8 Å². The Bertz CT molecular complexity index is 1700. The number of aliphatic hydroxyl groups is 1. The summed E-state index contributed by atoms with van der Waals surface area (Å²) in [5.74, 6) is -0.0206. The Hall–Kier alpha value is -3.86. The van der Waals surface area contributed by atoms with Gasteiger partial charge in [-0.1, -0.05) is 91.0 Å². The van der Waals surface area contributed by atoms with Crippen LogP contribution in [0.3, 0.4) is 0 Å². The lowest BCUT2D eigenvalue weighted by Gasteiger charge is -2.23. The van der Waals surface area contributed by atoms with E-state index in [1.165, 1.54) is 28.0 Å². The van der Waals surface area contributed by atoms with Gasteiger partial charge in [-0.3, -0.25) is 14.5 Å². The fourth-order valence-corrected chi connectivity index (χ4v) is 7.02. The third kappa shape index (κ3) is 5.37. The van der Waals surface area contributed by atoms with Crippen LogP contribution in [0, 0.1) is 0 Å². The van der Waals surface area contributed by atoms with Crippen LogP contribution in [-0.4, -0.2) is 40.2 Å². The predicted molar refractivity (Wildman–Crippen MR) is 164 cm³/mol. The number of benzene rings is 3. The number of Topliss-reactive ketones (excluding diaryl/α,β-unsaturated/α-hetero) is 1. The van der Waals surface area contributed by atoms with Crippen molar-refractivity contribution in [3.05, 3.63) is 99.6 Å². The summed E-state index contributed by atoms with van der Waals surface area (Å²) >= 11 is 8.95. The van der Waals surface area contributed by atoms with Crippen LogP contribution in [0.25, 0.3) is 5.76 Å². The SMILES string of the molecule is CC(C)c1ccc([C@@H]2C(=C(O)c3ccc4c(c3)OCCO4)C(=O)C(=O)N2c2nnc(SCc3ccccc3Cl)s2)cc1. The highest BCUT2D eigenvalue weighted by atomic mass is 35.5. The first-order valence-electron chi connectivity index (χ1n) is 13.3. The summed E-state index contributed by atoms with van der Waals surface area (Å²) in [5.41, 5.74) is 3.03. The minimum atomic E-state index is -0.909. The number of ether oxygens (including phenoxy) is 2. The molecule has 4 aromatic rings. The van der Waals surface area contributed by atoms with Gasteiger partial charge in [0.2, 0.25) is 5.13 Å². The van der Waals surface area contributed by atoms with E-state index in [9.17, 15) is 14.7 Å². The van der Waals surface area contributed by atoms with E-state index >= 15 is 0 Å². The Morgan fingerprint density at radius 1 is 1.05 bits per heavy atom. The average molecular weight is 620 g/mol. The van der Waals surface area contributed by atoms with Crippen LogP contribution in [0.4, 0.5) is 5.13 Å². The van der Waals surface area contributed by atoms with Gasteiger partial charge in [-0.25, -0.2) is 0 Å². The molecule has 3 aromatic carbocycles. The number of aliphatic hydroxyl groups excluding tert-OH is 1. The van der Waals surface area contributed by atoms with Gasteiger partial charge in [0, 0.05) is 16.3 Å². The number of rotatable bonds is 7. The summed E-state index contributed by atoms with van der Waals surface area (Å²) < 4.78 is 11.9. The summed E-state index contributed by atoms with van der Waals surface area (Å²) in [4.78, 5) is 28.5. The smallest absolute Gasteiger partial charge is 0.301 e. The molecule has 0 radical (unpaired) electrons. The Morgan fingerprint density at radius 2 is 1.79 bits per heavy atom. The molecule has 2 aliphatic heterocycles. The summed E-state index contributed by atoms with van der Waals surface area (Å²) in [6.07, 6.45) is 0. The van der Waals surface area contributed by atoms with Gasteiger partial charge in [-0.2, -0.15) is 0 Å². The highest BCUT2D eigenvalue weighted by Crippen LogP contribution is 2.45. The van der Waals surface area contributed by atoms with E-state index in [-0.39, 0.29) is 16.5 Å². The molecule has 1 fully saturated rings. The summed E-state index contributed by atoms with van der Waals surface area (Å²) in [5, 5.41) is 21.0. The first-order valence-corrected chi connectivity index (χ1v) is 15.5. The maximum absolute atomic E-state index is 13.6. The monoisotopic (exact) mass is 619 g/mol. The van der Waals surface area contributed by atoms with E-state index in [1.807, 2.05) is 48.5 Å². The number of ketones is 1. The van der Waals surface area contributed by atoms with Crippen molar-refractivity contribution in [2.75, 3.05) is 18.1 Å². The quantitative estimate of drug-likeness (QED) is 0.0775. The fourth-order valence-electron chi connectivity index (χ4n) is 4.87. The van der Waals surface area contributed by atoms with Crippen molar-refractivity contribution in [2.45, 2.75) is 35.9 Å². The molecule has 0 spiro atoms. The standard InChI is InChI=1S/C31H26ClN3O5S2/c1-17(2)18-7-9-19(10-8-18)26-25(27(36)20-11-12-23-24(15-20)40-14-13-39-23)28(37)29(38)35(26)30-33-34-31(42-30)41-16-21-5-3-4-6-22(21)32/h3-12,15,17,26,36H,13-14,16H2,1-2H3/t26-/m1/s1. The summed E-state index contributed by atoms with van der Waals surface area (Å²) in [7, 11) is 0. The van der Waals surface area contributed by atoms with Crippen LogP contribution < -0.4 is 14.4 Å². The van der Waals surface area contributed by atoms with Crippen molar-refractivity contribution >= 4 is 57.3 Å². The van der Waals surface area contributed by atoms with Gasteiger partial charge >= 0.3 is 5.91 Å². The van der Waals surface area contributed by atoms with E-state index in [2.05, 4.69) is 24.0 Å². The first kappa shape index (κ1) is 28.3. The van der Waals surface area contributed by atoms with E-state index < -0.39 is 17.7 Å². The molecule has 3 heterocycles. The number of nitrogens with zero attached hydrogens (tertiary/aromatic N) is 3. The molecule has 0 unspecified atom stereocenters. The zero-order valence-corrected chi connectivity index (χ0v) is 25.1.